The van der Waals surface area contributed by atoms with Crippen molar-refractivity contribution in [3.63, 3.8) is 0 Å². The summed E-state index contributed by atoms with van der Waals surface area (Å²) in [6.45, 7) is 5.65. The molecule has 2 N–H and O–H groups in total. The minimum Gasteiger partial charge on any atom is -0.490 e. The second-order valence-corrected chi connectivity index (χ2v) is 4.18. The molecule has 0 aromatic heterocycles. The predicted molar refractivity (Wildman–Crippen MR) is 74.7 cm³/mol. The Bertz CT molecular complexity index is 457. The van der Waals surface area contributed by atoms with Crippen LogP contribution in [0.1, 0.15) is 26.7 Å². The molecular formula is C14H20FN3O. The third-order valence-corrected chi connectivity index (χ3v) is 2.76. The maximum atomic E-state index is 13.7. The van der Waals surface area contributed by atoms with Gasteiger partial charge >= 0.3 is 0 Å². The molecule has 0 aliphatic rings. The molecule has 0 saturated heterocycles. The third-order valence-electron chi connectivity index (χ3n) is 2.76. The Hall–Kier alpha value is -1.96. The predicted octanol–water partition coefficient (Wildman–Crippen LogP) is 2.94. The molecule has 0 fully saturated rings. The summed E-state index contributed by atoms with van der Waals surface area (Å²) >= 11 is 0. The van der Waals surface area contributed by atoms with E-state index in [2.05, 4.69) is 6.07 Å². The number of rotatable bonds is 7. The lowest BCUT2D eigenvalue weighted by Crippen LogP contribution is -2.24. The average Bonchev–Trinajstić information content (AvgIpc) is 2.40. The van der Waals surface area contributed by atoms with E-state index >= 15 is 0 Å². The molecule has 4 nitrogen and oxygen atoms in total. The van der Waals surface area contributed by atoms with Crippen LogP contribution in [0.2, 0.25) is 0 Å². The molecule has 1 aromatic rings. The minimum atomic E-state index is -0.453. The lowest BCUT2D eigenvalue weighted by molar-refractivity contribution is 0.301. The summed E-state index contributed by atoms with van der Waals surface area (Å²) in [6, 6.07) is 4.98. The first kappa shape index (κ1) is 15.1. The molecule has 1 rings (SSSR count). The number of anilines is 2. The van der Waals surface area contributed by atoms with Gasteiger partial charge in [0.15, 0.2) is 11.6 Å². The van der Waals surface area contributed by atoms with E-state index in [9.17, 15) is 4.39 Å². The van der Waals surface area contributed by atoms with Gasteiger partial charge in [0.2, 0.25) is 0 Å². The molecule has 0 amide bonds. The van der Waals surface area contributed by atoms with Crippen molar-refractivity contribution in [1.29, 1.82) is 5.26 Å². The molecule has 5 heteroatoms. The number of nitriles is 1. The average molecular weight is 265 g/mol. The fourth-order valence-electron chi connectivity index (χ4n) is 1.79. The molecule has 1 aromatic carbocycles. The largest absolute Gasteiger partial charge is 0.490 e. The smallest absolute Gasteiger partial charge is 0.167 e. The zero-order chi connectivity index (χ0) is 14.3. The number of hydrogen-bond acceptors (Lipinski definition) is 4. The molecule has 19 heavy (non-hydrogen) atoms. The number of nitrogen functional groups attached to an aromatic ring is 1. The molecule has 0 spiro atoms. The monoisotopic (exact) mass is 265 g/mol. The number of halogens is 1. The van der Waals surface area contributed by atoms with E-state index in [1.54, 1.807) is 6.07 Å². The van der Waals surface area contributed by atoms with E-state index in [4.69, 9.17) is 15.7 Å². The van der Waals surface area contributed by atoms with Gasteiger partial charge in [0.25, 0.3) is 0 Å². The van der Waals surface area contributed by atoms with Crippen molar-refractivity contribution in [2.24, 2.45) is 0 Å². The van der Waals surface area contributed by atoms with Crippen molar-refractivity contribution in [3.8, 4) is 11.8 Å². The molecule has 104 valence electrons. The quantitative estimate of drug-likeness (QED) is 0.770. The van der Waals surface area contributed by atoms with Crippen LogP contribution in [0.5, 0.6) is 5.75 Å². The van der Waals surface area contributed by atoms with Gasteiger partial charge in [-0.1, -0.05) is 6.92 Å². The first-order valence-corrected chi connectivity index (χ1v) is 6.47. The highest BCUT2D eigenvalue weighted by Crippen LogP contribution is 2.31. The van der Waals surface area contributed by atoms with E-state index in [-0.39, 0.29) is 5.75 Å². The summed E-state index contributed by atoms with van der Waals surface area (Å²) in [5.74, 6) is -0.243. The Morgan fingerprint density at radius 1 is 1.42 bits per heavy atom. The Balaban J connectivity index is 3.01. The van der Waals surface area contributed by atoms with Crippen LogP contribution in [0, 0.1) is 17.1 Å². The van der Waals surface area contributed by atoms with Gasteiger partial charge < -0.3 is 15.4 Å². The zero-order valence-electron chi connectivity index (χ0n) is 11.4. The topological polar surface area (TPSA) is 62.3 Å². The van der Waals surface area contributed by atoms with Crippen LogP contribution in [0.25, 0.3) is 0 Å². The van der Waals surface area contributed by atoms with Crippen molar-refractivity contribution in [1.82, 2.24) is 0 Å². The second-order valence-electron chi connectivity index (χ2n) is 4.18. The van der Waals surface area contributed by atoms with Gasteiger partial charge in [-0.05, 0) is 13.3 Å². The van der Waals surface area contributed by atoms with E-state index in [0.29, 0.717) is 37.5 Å². The molecule has 0 aliphatic heterocycles. The molecule has 0 bridgehead atoms. The first-order chi connectivity index (χ1) is 9.13. The summed E-state index contributed by atoms with van der Waals surface area (Å²) in [4.78, 5) is 1.94. The Morgan fingerprint density at radius 2 is 2.16 bits per heavy atom. The lowest BCUT2D eigenvalue weighted by atomic mass is 10.2. The Kier molecular flexibility index (Phi) is 5.94. The van der Waals surface area contributed by atoms with Crippen molar-refractivity contribution in [2.75, 3.05) is 30.3 Å². The van der Waals surface area contributed by atoms with Gasteiger partial charge in [0.1, 0.15) is 0 Å². The molecule has 0 saturated carbocycles. The fourth-order valence-corrected chi connectivity index (χ4v) is 1.79. The summed E-state index contributed by atoms with van der Waals surface area (Å²) in [6.07, 6.45) is 1.21. The number of hydrogen-bond donors (Lipinski definition) is 1. The van der Waals surface area contributed by atoms with Crippen molar-refractivity contribution < 1.29 is 9.13 Å². The van der Waals surface area contributed by atoms with E-state index in [1.807, 2.05) is 18.7 Å². The molecule has 0 heterocycles. The molecule has 0 aliphatic carbocycles. The van der Waals surface area contributed by atoms with Crippen LogP contribution in [-0.2, 0) is 0 Å². The summed E-state index contributed by atoms with van der Waals surface area (Å²) < 4.78 is 19.1. The molecule has 0 unspecified atom stereocenters. The zero-order valence-corrected chi connectivity index (χ0v) is 11.4. The standard InChI is InChI=1S/C14H20FN3O/c1-3-8-19-14-10-13(12(17)9-11(14)15)18(4-2)7-5-6-16/h9-10H,3-5,7-8,17H2,1-2H3. The highest BCUT2D eigenvalue weighted by atomic mass is 19.1. The van der Waals surface area contributed by atoms with Crippen molar-refractivity contribution in [2.45, 2.75) is 26.7 Å². The van der Waals surface area contributed by atoms with Gasteiger partial charge in [-0.25, -0.2) is 4.39 Å². The highest BCUT2D eigenvalue weighted by Gasteiger charge is 2.13. The van der Waals surface area contributed by atoms with Gasteiger partial charge in [-0.3, -0.25) is 0 Å². The number of ether oxygens (including phenoxy) is 1. The van der Waals surface area contributed by atoms with Crippen LogP contribution in [0.15, 0.2) is 12.1 Å². The number of nitrogens with two attached hydrogens (primary N) is 1. The summed E-state index contributed by atoms with van der Waals surface area (Å²) in [7, 11) is 0. The van der Waals surface area contributed by atoms with E-state index in [1.165, 1.54) is 6.07 Å². The van der Waals surface area contributed by atoms with Crippen molar-refractivity contribution in [3.05, 3.63) is 17.9 Å². The van der Waals surface area contributed by atoms with Crippen LogP contribution in [-0.4, -0.2) is 19.7 Å². The summed E-state index contributed by atoms with van der Waals surface area (Å²) in [5.41, 5.74) is 6.92. The van der Waals surface area contributed by atoms with Crippen LogP contribution < -0.4 is 15.4 Å². The Labute approximate surface area is 113 Å². The third kappa shape index (κ3) is 4.02. The van der Waals surface area contributed by atoms with Gasteiger partial charge in [-0.2, -0.15) is 5.26 Å². The van der Waals surface area contributed by atoms with Gasteiger partial charge in [0, 0.05) is 25.2 Å². The van der Waals surface area contributed by atoms with Crippen LogP contribution in [0.3, 0.4) is 0 Å². The maximum Gasteiger partial charge on any atom is 0.167 e. The normalized spacial score (nSPS) is 10.0. The van der Waals surface area contributed by atoms with Crippen LogP contribution in [0.4, 0.5) is 15.8 Å². The Morgan fingerprint density at radius 3 is 2.74 bits per heavy atom. The maximum absolute atomic E-state index is 13.7. The SMILES string of the molecule is CCCOc1cc(N(CC)CCC#N)c(N)cc1F. The minimum absolute atomic E-state index is 0.210. The van der Waals surface area contributed by atoms with Gasteiger partial charge in [-0.15, -0.1) is 0 Å². The first-order valence-electron chi connectivity index (χ1n) is 6.47. The summed E-state index contributed by atoms with van der Waals surface area (Å²) in [5, 5.41) is 8.65. The number of nitrogens with zero attached hydrogens (tertiary/aromatic N) is 2. The van der Waals surface area contributed by atoms with E-state index < -0.39 is 5.82 Å². The number of benzene rings is 1. The molecule has 0 radical (unpaired) electrons. The molecule has 0 atom stereocenters. The highest BCUT2D eigenvalue weighted by molar-refractivity contribution is 5.70. The van der Waals surface area contributed by atoms with Gasteiger partial charge in [0.05, 0.1) is 30.5 Å². The van der Waals surface area contributed by atoms with Crippen molar-refractivity contribution >= 4 is 11.4 Å². The fraction of sp³-hybridized carbons (Fsp3) is 0.500. The van der Waals surface area contributed by atoms with E-state index in [0.717, 1.165) is 6.42 Å². The molecular weight excluding hydrogens is 245 g/mol. The lowest BCUT2D eigenvalue weighted by Gasteiger charge is -2.24. The second kappa shape index (κ2) is 7.47. The van der Waals surface area contributed by atoms with Crippen LogP contribution >= 0.6 is 0 Å².